The zero-order valence-electron chi connectivity index (χ0n) is 12.1. The molecular weight excluding hydrogens is 286 g/mol. The zero-order chi connectivity index (χ0) is 15.1. The van der Waals surface area contributed by atoms with Crippen molar-refractivity contribution in [1.29, 1.82) is 0 Å². The second-order valence-corrected chi connectivity index (χ2v) is 5.26. The predicted molar refractivity (Wildman–Crippen MR) is 85.9 cm³/mol. The molecule has 112 valence electrons. The van der Waals surface area contributed by atoms with Gasteiger partial charge in [0.2, 0.25) is 0 Å². The highest BCUT2D eigenvalue weighted by Gasteiger charge is 2.05. The van der Waals surface area contributed by atoms with Gasteiger partial charge < -0.3 is 15.2 Å². The van der Waals surface area contributed by atoms with Gasteiger partial charge >= 0.3 is 0 Å². The van der Waals surface area contributed by atoms with Crippen LogP contribution < -0.4 is 10.1 Å². The Morgan fingerprint density at radius 3 is 2.71 bits per heavy atom. The normalized spacial score (nSPS) is 10.6. The highest BCUT2D eigenvalue weighted by molar-refractivity contribution is 6.32. The zero-order valence-corrected chi connectivity index (χ0v) is 12.9. The lowest BCUT2D eigenvalue weighted by atomic mass is 10.2. The van der Waals surface area contributed by atoms with Gasteiger partial charge in [-0.2, -0.15) is 0 Å². The summed E-state index contributed by atoms with van der Waals surface area (Å²) in [6.45, 7) is 3.92. The average molecular weight is 306 g/mol. The minimum atomic E-state index is -0.00698. The largest absolute Gasteiger partial charge is 0.456 e. The van der Waals surface area contributed by atoms with Crippen molar-refractivity contribution < 1.29 is 9.84 Å². The Hall–Kier alpha value is -1.55. The number of ether oxygens (including phenoxy) is 1. The van der Waals surface area contributed by atoms with Crippen LogP contribution in [-0.4, -0.2) is 11.7 Å². The molecule has 21 heavy (non-hydrogen) atoms. The topological polar surface area (TPSA) is 41.5 Å². The van der Waals surface area contributed by atoms with E-state index in [0.29, 0.717) is 16.5 Å². The van der Waals surface area contributed by atoms with Crippen LogP contribution >= 0.6 is 11.6 Å². The molecule has 0 aliphatic rings. The Balaban J connectivity index is 2.06. The first kappa shape index (κ1) is 15.8. The van der Waals surface area contributed by atoms with Crippen molar-refractivity contribution >= 4 is 11.6 Å². The third-order valence-electron chi connectivity index (χ3n) is 3.06. The number of hydrogen-bond acceptors (Lipinski definition) is 3. The van der Waals surface area contributed by atoms with Crippen molar-refractivity contribution in [3.8, 4) is 11.5 Å². The Morgan fingerprint density at radius 1 is 1.14 bits per heavy atom. The van der Waals surface area contributed by atoms with E-state index in [9.17, 15) is 0 Å². The summed E-state index contributed by atoms with van der Waals surface area (Å²) in [7, 11) is 0. The highest BCUT2D eigenvalue weighted by Crippen LogP contribution is 2.30. The molecule has 0 radical (unpaired) electrons. The van der Waals surface area contributed by atoms with Gasteiger partial charge in [0, 0.05) is 6.54 Å². The van der Waals surface area contributed by atoms with E-state index in [1.54, 1.807) is 6.07 Å². The van der Waals surface area contributed by atoms with Crippen LogP contribution in [0.3, 0.4) is 0 Å². The highest BCUT2D eigenvalue weighted by atomic mass is 35.5. The fraction of sp³-hybridized carbons (Fsp3) is 0.294. The lowest BCUT2D eigenvalue weighted by Gasteiger charge is -2.10. The van der Waals surface area contributed by atoms with E-state index in [1.807, 2.05) is 36.4 Å². The van der Waals surface area contributed by atoms with Gasteiger partial charge in [0.15, 0.2) is 0 Å². The number of aliphatic hydroxyl groups is 1. The van der Waals surface area contributed by atoms with Crippen molar-refractivity contribution in [2.75, 3.05) is 6.54 Å². The lowest BCUT2D eigenvalue weighted by Crippen LogP contribution is -2.13. The molecule has 0 unspecified atom stereocenters. The van der Waals surface area contributed by atoms with Crippen molar-refractivity contribution in [1.82, 2.24) is 5.32 Å². The number of hydrogen-bond donors (Lipinski definition) is 2. The Morgan fingerprint density at radius 2 is 2.00 bits per heavy atom. The van der Waals surface area contributed by atoms with Crippen LogP contribution in [-0.2, 0) is 13.2 Å². The summed E-state index contributed by atoms with van der Waals surface area (Å²) in [4.78, 5) is 0. The quantitative estimate of drug-likeness (QED) is 0.756. The van der Waals surface area contributed by atoms with Crippen molar-refractivity contribution in [3.05, 3.63) is 58.6 Å². The van der Waals surface area contributed by atoms with Crippen molar-refractivity contribution in [2.45, 2.75) is 26.5 Å². The monoisotopic (exact) mass is 305 g/mol. The second kappa shape index (κ2) is 8.03. The summed E-state index contributed by atoms with van der Waals surface area (Å²) >= 11 is 6.26. The molecule has 4 heteroatoms. The molecule has 2 aromatic carbocycles. The summed E-state index contributed by atoms with van der Waals surface area (Å²) in [5, 5.41) is 13.1. The molecule has 0 aliphatic carbocycles. The first-order valence-electron chi connectivity index (χ1n) is 7.09. The number of halogens is 1. The fourth-order valence-electron chi connectivity index (χ4n) is 1.98. The second-order valence-electron chi connectivity index (χ2n) is 4.85. The van der Waals surface area contributed by atoms with Crippen LogP contribution in [0.25, 0.3) is 0 Å². The lowest BCUT2D eigenvalue weighted by molar-refractivity contribution is 0.281. The van der Waals surface area contributed by atoms with E-state index in [4.69, 9.17) is 21.4 Å². The molecule has 0 amide bonds. The van der Waals surface area contributed by atoms with Gasteiger partial charge in [0.05, 0.1) is 11.6 Å². The molecule has 0 saturated carbocycles. The van der Waals surface area contributed by atoms with E-state index in [1.165, 1.54) is 0 Å². The molecule has 0 aromatic heterocycles. The standard InChI is InChI=1S/C17H20ClNO2/c1-2-8-19-11-13-6-7-17(16(18)10-13)21-15-5-3-4-14(9-15)12-20/h3-7,9-10,19-20H,2,8,11-12H2,1H3. The smallest absolute Gasteiger partial charge is 0.146 e. The number of nitrogens with one attached hydrogen (secondary N) is 1. The summed E-state index contributed by atoms with van der Waals surface area (Å²) in [5.41, 5.74) is 1.94. The predicted octanol–water partition coefficient (Wildman–Crippen LogP) is 4.12. The van der Waals surface area contributed by atoms with Crippen LogP contribution in [0.5, 0.6) is 11.5 Å². The van der Waals surface area contributed by atoms with E-state index >= 15 is 0 Å². The number of rotatable bonds is 7. The molecule has 0 bridgehead atoms. The minimum absolute atomic E-state index is 0.00698. The minimum Gasteiger partial charge on any atom is -0.456 e. The molecular formula is C17H20ClNO2. The Labute approximate surface area is 130 Å². The average Bonchev–Trinajstić information content (AvgIpc) is 2.50. The van der Waals surface area contributed by atoms with Crippen LogP contribution in [0.15, 0.2) is 42.5 Å². The molecule has 2 rings (SSSR count). The summed E-state index contributed by atoms with van der Waals surface area (Å²) in [6.07, 6.45) is 1.11. The van der Waals surface area contributed by atoms with E-state index < -0.39 is 0 Å². The number of benzene rings is 2. The van der Waals surface area contributed by atoms with Crippen LogP contribution in [0, 0.1) is 0 Å². The third-order valence-corrected chi connectivity index (χ3v) is 3.36. The molecule has 0 fully saturated rings. The Bertz CT molecular complexity index is 587. The maximum Gasteiger partial charge on any atom is 0.146 e. The molecule has 2 aromatic rings. The fourth-order valence-corrected chi connectivity index (χ4v) is 2.22. The van der Waals surface area contributed by atoms with Crippen LogP contribution in [0.2, 0.25) is 5.02 Å². The summed E-state index contributed by atoms with van der Waals surface area (Å²) in [6, 6.07) is 13.1. The van der Waals surface area contributed by atoms with Crippen molar-refractivity contribution in [3.63, 3.8) is 0 Å². The van der Waals surface area contributed by atoms with Gasteiger partial charge in [-0.1, -0.05) is 36.7 Å². The molecule has 0 atom stereocenters. The number of aliphatic hydroxyl groups excluding tert-OH is 1. The van der Waals surface area contributed by atoms with Gasteiger partial charge in [0.1, 0.15) is 11.5 Å². The molecule has 0 heterocycles. The van der Waals surface area contributed by atoms with E-state index in [0.717, 1.165) is 30.6 Å². The first-order chi connectivity index (χ1) is 10.2. The summed E-state index contributed by atoms with van der Waals surface area (Å²) < 4.78 is 5.77. The maximum absolute atomic E-state index is 9.13. The molecule has 0 spiro atoms. The van der Waals surface area contributed by atoms with E-state index in [2.05, 4.69) is 12.2 Å². The van der Waals surface area contributed by atoms with E-state index in [-0.39, 0.29) is 6.61 Å². The van der Waals surface area contributed by atoms with Gasteiger partial charge in [-0.15, -0.1) is 0 Å². The van der Waals surface area contributed by atoms with Crippen molar-refractivity contribution in [2.24, 2.45) is 0 Å². The Kier molecular flexibility index (Phi) is 6.05. The molecule has 0 saturated heterocycles. The van der Waals surface area contributed by atoms with Gasteiger partial charge in [0.25, 0.3) is 0 Å². The molecule has 3 nitrogen and oxygen atoms in total. The molecule has 2 N–H and O–H groups in total. The summed E-state index contributed by atoms with van der Waals surface area (Å²) in [5.74, 6) is 1.28. The van der Waals surface area contributed by atoms with Gasteiger partial charge in [-0.3, -0.25) is 0 Å². The third kappa shape index (κ3) is 4.74. The maximum atomic E-state index is 9.13. The van der Waals surface area contributed by atoms with Gasteiger partial charge in [-0.25, -0.2) is 0 Å². The molecule has 0 aliphatic heterocycles. The van der Waals surface area contributed by atoms with Gasteiger partial charge in [-0.05, 0) is 48.4 Å². The van der Waals surface area contributed by atoms with Crippen LogP contribution in [0.4, 0.5) is 0 Å². The van der Waals surface area contributed by atoms with Crippen LogP contribution in [0.1, 0.15) is 24.5 Å². The SMILES string of the molecule is CCCNCc1ccc(Oc2cccc(CO)c2)c(Cl)c1. The first-order valence-corrected chi connectivity index (χ1v) is 7.47.